The molecule has 1 heterocycles. The van der Waals surface area contributed by atoms with Gasteiger partial charge in [0.25, 0.3) is 0 Å². The average Bonchev–Trinajstić information content (AvgIpc) is 2.31. The van der Waals surface area contributed by atoms with E-state index in [1.807, 2.05) is 24.3 Å². The Bertz CT molecular complexity index is 501. The molecule has 6 heteroatoms. The minimum Gasteiger partial charge on any atom is -0.381 e. The van der Waals surface area contributed by atoms with E-state index in [4.69, 9.17) is 15.4 Å². The molecule has 0 aromatic heterocycles. The van der Waals surface area contributed by atoms with E-state index in [1.165, 1.54) is 0 Å². The van der Waals surface area contributed by atoms with Crippen molar-refractivity contribution in [1.82, 2.24) is 0 Å². The molecule has 1 aromatic rings. The Kier molecular flexibility index (Phi) is 4.69. The van der Waals surface area contributed by atoms with Gasteiger partial charge in [-0.1, -0.05) is 28.1 Å². The molecule has 1 saturated heterocycles. The van der Waals surface area contributed by atoms with Crippen LogP contribution >= 0.6 is 26.6 Å². The molecule has 0 N–H and O–H groups in total. The maximum atomic E-state index is 11.5. The molecule has 1 aliphatic rings. The first-order valence-corrected chi connectivity index (χ1v) is 8.89. The van der Waals surface area contributed by atoms with Gasteiger partial charge in [0, 0.05) is 27.7 Å². The Hall–Kier alpha value is -0.100. The molecule has 0 amide bonds. The van der Waals surface area contributed by atoms with E-state index < -0.39 is 14.3 Å². The maximum Gasteiger partial charge on any atom is 0.235 e. The van der Waals surface area contributed by atoms with Crippen molar-refractivity contribution in [2.45, 2.75) is 18.1 Å². The molecule has 1 aliphatic heterocycles. The third kappa shape index (κ3) is 3.70. The highest BCUT2D eigenvalue weighted by Crippen LogP contribution is 2.28. The Labute approximate surface area is 120 Å². The van der Waals surface area contributed by atoms with Crippen molar-refractivity contribution < 1.29 is 13.2 Å². The van der Waals surface area contributed by atoms with Crippen LogP contribution in [0.25, 0.3) is 0 Å². The van der Waals surface area contributed by atoms with E-state index in [0.29, 0.717) is 26.1 Å². The van der Waals surface area contributed by atoms with Crippen LogP contribution in [0.5, 0.6) is 0 Å². The summed E-state index contributed by atoms with van der Waals surface area (Å²) in [6.45, 7) is 0.917. The normalized spacial score (nSPS) is 25.0. The summed E-state index contributed by atoms with van der Waals surface area (Å²) in [5, 5.41) is -0.503. The van der Waals surface area contributed by atoms with Gasteiger partial charge >= 0.3 is 0 Å². The number of ether oxygens (including phenoxy) is 1. The summed E-state index contributed by atoms with van der Waals surface area (Å²) in [4.78, 5) is 0. The first-order valence-electron chi connectivity index (χ1n) is 5.72. The predicted molar refractivity (Wildman–Crippen MR) is 75.3 cm³/mol. The Balaban J connectivity index is 2.13. The van der Waals surface area contributed by atoms with E-state index in [1.54, 1.807) is 0 Å². The van der Waals surface area contributed by atoms with E-state index in [0.717, 1.165) is 10.0 Å². The zero-order chi connectivity index (χ0) is 13.2. The molecule has 2 atom stereocenters. The van der Waals surface area contributed by atoms with Crippen LogP contribution in [-0.4, -0.2) is 26.9 Å². The smallest absolute Gasteiger partial charge is 0.235 e. The second kappa shape index (κ2) is 5.90. The Morgan fingerprint density at radius 2 is 2.00 bits per heavy atom. The molecule has 100 valence electrons. The lowest BCUT2D eigenvalue weighted by molar-refractivity contribution is 0.0577. The molecule has 18 heavy (non-hydrogen) atoms. The van der Waals surface area contributed by atoms with Gasteiger partial charge in [-0.25, -0.2) is 8.42 Å². The monoisotopic (exact) mass is 352 g/mol. The summed E-state index contributed by atoms with van der Waals surface area (Å²) in [6, 6.07) is 7.86. The highest BCUT2D eigenvalue weighted by Gasteiger charge is 2.34. The lowest BCUT2D eigenvalue weighted by Crippen LogP contribution is -2.37. The largest absolute Gasteiger partial charge is 0.381 e. The second-order valence-electron chi connectivity index (χ2n) is 4.47. The van der Waals surface area contributed by atoms with Gasteiger partial charge in [0.15, 0.2) is 0 Å². The fourth-order valence-electron chi connectivity index (χ4n) is 2.26. The van der Waals surface area contributed by atoms with Crippen molar-refractivity contribution in [2.24, 2.45) is 5.92 Å². The molecule has 1 aromatic carbocycles. The fourth-order valence-corrected chi connectivity index (χ4v) is 4.24. The van der Waals surface area contributed by atoms with Crippen molar-refractivity contribution in [3.05, 3.63) is 34.3 Å². The summed E-state index contributed by atoms with van der Waals surface area (Å²) in [7, 11) is 1.99. The summed E-state index contributed by atoms with van der Waals surface area (Å²) in [5.41, 5.74) is 1.10. The Morgan fingerprint density at radius 1 is 1.33 bits per heavy atom. The predicted octanol–water partition coefficient (Wildman–Crippen LogP) is 2.97. The molecule has 0 aliphatic carbocycles. The van der Waals surface area contributed by atoms with Crippen LogP contribution in [0.1, 0.15) is 12.0 Å². The quantitative estimate of drug-likeness (QED) is 0.785. The third-order valence-corrected chi connectivity index (χ3v) is 5.74. The molecule has 0 unspecified atom stereocenters. The van der Waals surface area contributed by atoms with Crippen LogP contribution in [0, 0.1) is 5.92 Å². The number of rotatable bonds is 3. The van der Waals surface area contributed by atoms with Crippen LogP contribution in [0.2, 0.25) is 0 Å². The zero-order valence-electron chi connectivity index (χ0n) is 9.68. The van der Waals surface area contributed by atoms with Crippen molar-refractivity contribution in [3.63, 3.8) is 0 Å². The Morgan fingerprint density at radius 3 is 2.61 bits per heavy atom. The molecule has 0 saturated carbocycles. The van der Waals surface area contributed by atoms with Crippen molar-refractivity contribution >= 4 is 35.7 Å². The molecule has 0 spiro atoms. The van der Waals surface area contributed by atoms with Crippen LogP contribution in [0.15, 0.2) is 28.7 Å². The van der Waals surface area contributed by atoms with Crippen LogP contribution in [0.3, 0.4) is 0 Å². The molecule has 0 radical (unpaired) electrons. The van der Waals surface area contributed by atoms with Crippen LogP contribution in [0.4, 0.5) is 0 Å². The number of hydrogen-bond donors (Lipinski definition) is 0. The van der Waals surface area contributed by atoms with Gasteiger partial charge < -0.3 is 4.74 Å². The van der Waals surface area contributed by atoms with Crippen molar-refractivity contribution in [1.29, 1.82) is 0 Å². The molecule has 2 rings (SSSR count). The van der Waals surface area contributed by atoms with Crippen LogP contribution < -0.4 is 0 Å². The van der Waals surface area contributed by atoms with E-state index in [9.17, 15) is 8.42 Å². The van der Waals surface area contributed by atoms with E-state index >= 15 is 0 Å². The van der Waals surface area contributed by atoms with Gasteiger partial charge in [-0.2, -0.15) is 0 Å². The van der Waals surface area contributed by atoms with Crippen molar-refractivity contribution in [2.75, 3.05) is 13.2 Å². The molecule has 0 bridgehead atoms. The molecule has 3 nitrogen and oxygen atoms in total. The first kappa shape index (κ1) is 14.3. The van der Waals surface area contributed by atoms with Crippen molar-refractivity contribution in [3.8, 4) is 0 Å². The van der Waals surface area contributed by atoms with E-state index in [2.05, 4.69) is 15.9 Å². The summed E-state index contributed by atoms with van der Waals surface area (Å²) < 4.78 is 29.5. The third-order valence-electron chi connectivity index (χ3n) is 3.18. The van der Waals surface area contributed by atoms with E-state index in [-0.39, 0.29) is 5.92 Å². The van der Waals surface area contributed by atoms with Gasteiger partial charge in [-0.15, -0.1) is 0 Å². The summed E-state index contributed by atoms with van der Waals surface area (Å²) >= 11 is 3.37. The number of hydrogen-bond acceptors (Lipinski definition) is 3. The van der Waals surface area contributed by atoms with Crippen LogP contribution in [-0.2, 0) is 20.2 Å². The second-order valence-corrected chi connectivity index (χ2v) is 8.23. The number of halogens is 2. The highest BCUT2D eigenvalue weighted by atomic mass is 79.9. The zero-order valence-corrected chi connectivity index (χ0v) is 12.8. The molecular formula is C12H14BrClO3S. The summed E-state index contributed by atoms with van der Waals surface area (Å²) in [5.74, 6) is -0.0672. The van der Waals surface area contributed by atoms with Gasteiger partial charge in [0.2, 0.25) is 9.05 Å². The van der Waals surface area contributed by atoms with Gasteiger partial charge in [-0.05, 0) is 30.5 Å². The summed E-state index contributed by atoms with van der Waals surface area (Å²) in [6.07, 6.45) is 1.15. The fraction of sp³-hybridized carbons (Fsp3) is 0.500. The number of benzene rings is 1. The lowest BCUT2D eigenvalue weighted by atomic mass is 9.94. The minimum absolute atomic E-state index is 0.0672. The van der Waals surface area contributed by atoms with Gasteiger partial charge in [-0.3, -0.25) is 0 Å². The SMILES string of the molecule is O=S(=O)(Cl)[C@@H]1CCOC[C@H]1Cc1ccc(Br)cc1. The van der Waals surface area contributed by atoms with Gasteiger partial charge in [0.1, 0.15) is 0 Å². The maximum absolute atomic E-state index is 11.5. The van der Waals surface area contributed by atoms with Gasteiger partial charge in [0.05, 0.1) is 11.9 Å². The minimum atomic E-state index is -3.52. The average molecular weight is 354 g/mol. The molecule has 1 fully saturated rings. The first-order chi connectivity index (χ1) is 8.47. The highest BCUT2D eigenvalue weighted by molar-refractivity contribution is 9.10. The standard InChI is InChI=1S/C12H14BrClO3S/c13-11-3-1-9(2-4-11)7-10-8-17-6-5-12(10)18(14,15)16/h1-4,10,12H,5-8H2/t10-,12-/m1/s1. The topological polar surface area (TPSA) is 43.4 Å². The lowest BCUT2D eigenvalue weighted by Gasteiger charge is -2.29. The molecular weight excluding hydrogens is 340 g/mol.